The number of rotatable bonds is 2. The first-order valence-corrected chi connectivity index (χ1v) is 8.39. The molecule has 0 amide bonds. The molecule has 1 aromatic carbocycles. The Kier molecular flexibility index (Phi) is 3.78. The third kappa shape index (κ3) is 3.01. The van der Waals surface area contributed by atoms with E-state index in [9.17, 15) is 0 Å². The molecule has 108 valence electrons. The first kappa shape index (κ1) is 14.0. The summed E-state index contributed by atoms with van der Waals surface area (Å²) in [7, 11) is 0. The molecule has 0 bridgehead atoms. The minimum absolute atomic E-state index is 0.148. The van der Waals surface area contributed by atoms with Gasteiger partial charge in [0.2, 0.25) is 0 Å². The molecule has 0 spiro atoms. The van der Waals surface area contributed by atoms with Crippen molar-refractivity contribution in [3.05, 3.63) is 29.7 Å². The fraction of sp³-hybridized carbons (Fsp3) is 0.562. The van der Waals surface area contributed by atoms with E-state index < -0.39 is 0 Å². The van der Waals surface area contributed by atoms with Crippen molar-refractivity contribution in [3.8, 4) is 0 Å². The Bertz CT molecular complexity index is 594. The number of hydrogen-bond acceptors (Lipinski definition) is 4. The Morgan fingerprint density at radius 1 is 1.40 bits per heavy atom. The highest BCUT2D eigenvalue weighted by molar-refractivity contribution is 7.99. The summed E-state index contributed by atoms with van der Waals surface area (Å²) in [6, 6.07) is 6.84. The van der Waals surface area contributed by atoms with Crippen LogP contribution in [0.15, 0.2) is 22.6 Å². The van der Waals surface area contributed by atoms with E-state index in [1.807, 2.05) is 11.8 Å². The van der Waals surface area contributed by atoms with Crippen LogP contribution in [-0.2, 0) is 11.8 Å². The maximum Gasteiger partial charge on any atom is 0.197 e. The van der Waals surface area contributed by atoms with Gasteiger partial charge in [0.1, 0.15) is 5.52 Å². The molecule has 1 saturated heterocycles. The minimum Gasteiger partial charge on any atom is -0.441 e. The fourth-order valence-corrected chi connectivity index (χ4v) is 3.44. The molecule has 20 heavy (non-hydrogen) atoms. The zero-order valence-electron chi connectivity index (χ0n) is 12.4. The molecule has 0 aliphatic carbocycles. The number of oxazole rings is 1. The predicted molar refractivity (Wildman–Crippen MR) is 85.5 cm³/mol. The summed E-state index contributed by atoms with van der Waals surface area (Å²) < 4.78 is 5.88. The van der Waals surface area contributed by atoms with E-state index in [4.69, 9.17) is 4.42 Å². The van der Waals surface area contributed by atoms with E-state index in [2.05, 4.69) is 49.3 Å². The topological polar surface area (TPSA) is 38.1 Å². The van der Waals surface area contributed by atoms with E-state index in [1.165, 1.54) is 11.3 Å². The molecule has 1 atom stereocenters. The molecule has 4 heteroatoms. The van der Waals surface area contributed by atoms with Crippen molar-refractivity contribution in [1.29, 1.82) is 0 Å². The second-order valence-corrected chi connectivity index (χ2v) is 7.62. The number of hydrogen-bond donors (Lipinski definition) is 1. The highest BCUT2D eigenvalue weighted by atomic mass is 32.2. The number of nitrogens with zero attached hydrogens (tertiary/aromatic N) is 1. The summed E-state index contributed by atoms with van der Waals surface area (Å²) in [5.41, 5.74) is 3.33. The molecule has 2 heterocycles. The Balaban J connectivity index is 1.83. The Morgan fingerprint density at radius 2 is 2.25 bits per heavy atom. The van der Waals surface area contributed by atoms with Crippen LogP contribution in [0.1, 0.15) is 32.2 Å². The molecular weight excluding hydrogens is 268 g/mol. The SMILES string of the molecule is CC(C)(C)c1ccc2oc(CC3CSCCN3)nc2c1. The maximum atomic E-state index is 5.88. The zero-order chi connectivity index (χ0) is 14.2. The largest absolute Gasteiger partial charge is 0.441 e. The van der Waals surface area contributed by atoms with Crippen molar-refractivity contribution in [1.82, 2.24) is 10.3 Å². The molecular formula is C16H22N2OS. The molecule has 1 aliphatic rings. The van der Waals surface area contributed by atoms with E-state index in [0.29, 0.717) is 6.04 Å². The van der Waals surface area contributed by atoms with Gasteiger partial charge in [0, 0.05) is 30.5 Å². The molecule has 1 aromatic heterocycles. The summed E-state index contributed by atoms with van der Waals surface area (Å²) in [5, 5.41) is 3.53. The molecule has 2 aromatic rings. The van der Waals surface area contributed by atoms with Crippen LogP contribution in [0, 0.1) is 0 Å². The maximum absolute atomic E-state index is 5.88. The van der Waals surface area contributed by atoms with Gasteiger partial charge in [-0.05, 0) is 23.1 Å². The number of fused-ring (bicyclic) bond motifs is 1. The van der Waals surface area contributed by atoms with Gasteiger partial charge in [0.25, 0.3) is 0 Å². The van der Waals surface area contributed by atoms with Crippen molar-refractivity contribution in [2.45, 2.75) is 38.6 Å². The van der Waals surface area contributed by atoms with Gasteiger partial charge in [-0.25, -0.2) is 4.98 Å². The van der Waals surface area contributed by atoms with Gasteiger partial charge < -0.3 is 9.73 Å². The van der Waals surface area contributed by atoms with Gasteiger partial charge in [-0.15, -0.1) is 0 Å². The Morgan fingerprint density at radius 3 is 2.95 bits per heavy atom. The molecule has 3 rings (SSSR count). The van der Waals surface area contributed by atoms with E-state index in [0.717, 1.165) is 35.7 Å². The quantitative estimate of drug-likeness (QED) is 0.920. The van der Waals surface area contributed by atoms with Crippen molar-refractivity contribution >= 4 is 22.9 Å². The van der Waals surface area contributed by atoms with Crippen molar-refractivity contribution in [2.75, 3.05) is 18.1 Å². The summed E-state index contributed by atoms with van der Waals surface area (Å²) in [6.45, 7) is 7.75. The molecule has 1 unspecified atom stereocenters. The van der Waals surface area contributed by atoms with Gasteiger partial charge in [0.05, 0.1) is 0 Å². The monoisotopic (exact) mass is 290 g/mol. The summed E-state index contributed by atoms with van der Waals surface area (Å²) in [4.78, 5) is 4.67. The summed E-state index contributed by atoms with van der Waals surface area (Å²) in [6.07, 6.45) is 0.881. The van der Waals surface area contributed by atoms with Gasteiger partial charge in [0.15, 0.2) is 11.5 Å². The first-order chi connectivity index (χ1) is 9.52. The average Bonchev–Trinajstić information content (AvgIpc) is 2.80. The van der Waals surface area contributed by atoms with Crippen molar-refractivity contribution in [2.24, 2.45) is 0 Å². The van der Waals surface area contributed by atoms with Crippen molar-refractivity contribution in [3.63, 3.8) is 0 Å². The van der Waals surface area contributed by atoms with E-state index in [-0.39, 0.29) is 5.41 Å². The molecule has 3 nitrogen and oxygen atoms in total. The van der Waals surface area contributed by atoms with Gasteiger partial charge >= 0.3 is 0 Å². The Hall–Kier alpha value is -1.00. The van der Waals surface area contributed by atoms with Crippen LogP contribution in [0.4, 0.5) is 0 Å². The van der Waals surface area contributed by atoms with Crippen LogP contribution in [0.2, 0.25) is 0 Å². The van der Waals surface area contributed by atoms with Crippen LogP contribution in [-0.4, -0.2) is 29.1 Å². The van der Waals surface area contributed by atoms with Gasteiger partial charge in [-0.2, -0.15) is 11.8 Å². The predicted octanol–water partition coefficient (Wildman–Crippen LogP) is 3.37. The second-order valence-electron chi connectivity index (χ2n) is 6.47. The fourth-order valence-electron chi connectivity index (χ4n) is 2.49. The molecule has 1 N–H and O–H groups in total. The number of thioether (sulfide) groups is 1. The molecule has 1 aliphatic heterocycles. The van der Waals surface area contributed by atoms with E-state index >= 15 is 0 Å². The third-order valence-electron chi connectivity index (χ3n) is 3.72. The summed E-state index contributed by atoms with van der Waals surface area (Å²) >= 11 is 2.00. The lowest BCUT2D eigenvalue weighted by Gasteiger charge is -2.21. The molecule has 1 fully saturated rings. The van der Waals surface area contributed by atoms with Crippen LogP contribution in [0.25, 0.3) is 11.1 Å². The Labute approximate surface area is 124 Å². The van der Waals surface area contributed by atoms with Gasteiger partial charge in [-0.3, -0.25) is 0 Å². The first-order valence-electron chi connectivity index (χ1n) is 7.23. The van der Waals surface area contributed by atoms with E-state index in [1.54, 1.807) is 0 Å². The lowest BCUT2D eigenvalue weighted by atomic mass is 9.87. The highest BCUT2D eigenvalue weighted by Crippen LogP contribution is 2.26. The van der Waals surface area contributed by atoms with Crippen molar-refractivity contribution < 1.29 is 4.42 Å². The summed E-state index contributed by atoms with van der Waals surface area (Å²) in [5.74, 6) is 3.20. The number of benzene rings is 1. The number of nitrogens with one attached hydrogen (secondary N) is 1. The van der Waals surface area contributed by atoms with Gasteiger partial charge in [-0.1, -0.05) is 26.8 Å². The van der Waals surface area contributed by atoms with Crippen LogP contribution < -0.4 is 5.32 Å². The highest BCUT2D eigenvalue weighted by Gasteiger charge is 2.18. The van der Waals surface area contributed by atoms with Crippen LogP contribution >= 0.6 is 11.8 Å². The lowest BCUT2D eigenvalue weighted by Crippen LogP contribution is -2.38. The molecule has 0 radical (unpaired) electrons. The third-order valence-corrected chi connectivity index (χ3v) is 4.85. The van der Waals surface area contributed by atoms with Crippen LogP contribution in [0.5, 0.6) is 0 Å². The second kappa shape index (κ2) is 5.41. The number of aromatic nitrogens is 1. The standard InChI is InChI=1S/C16H22N2OS/c1-16(2,3)11-4-5-14-13(8-11)18-15(19-14)9-12-10-20-7-6-17-12/h4-5,8,12,17H,6-7,9-10H2,1-3H3. The minimum atomic E-state index is 0.148. The lowest BCUT2D eigenvalue weighted by molar-refractivity contribution is 0.469. The zero-order valence-corrected chi connectivity index (χ0v) is 13.2. The smallest absolute Gasteiger partial charge is 0.197 e. The molecule has 0 saturated carbocycles. The normalized spacial score (nSPS) is 20.4. The average molecular weight is 290 g/mol. The van der Waals surface area contributed by atoms with Crippen LogP contribution in [0.3, 0.4) is 0 Å².